The number of ether oxygens (including phenoxy) is 1. The number of amides is 1. The van der Waals surface area contributed by atoms with Crippen molar-refractivity contribution in [3.63, 3.8) is 0 Å². The van der Waals surface area contributed by atoms with E-state index in [1.807, 2.05) is 51.1 Å². The lowest BCUT2D eigenvalue weighted by atomic mass is 10.1. The van der Waals surface area contributed by atoms with E-state index in [9.17, 15) is 9.59 Å². The third kappa shape index (κ3) is 4.59. The minimum Gasteiger partial charge on any atom is -0.456 e. The number of hydrogen-bond donors (Lipinski definition) is 0. The molecule has 152 valence electrons. The highest BCUT2D eigenvalue weighted by Crippen LogP contribution is 2.18. The second-order valence-corrected chi connectivity index (χ2v) is 6.99. The zero-order valence-electron chi connectivity index (χ0n) is 17.1. The Hall–Kier alpha value is -3.29. The molecular formula is C21H25N5O3. The largest absolute Gasteiger partial charge is 0.456 e. The molecular weight excluding hydrogens is 370 g/mol. The molecule has 0 aliphatic carbocycles. The van der Waals surface area contributed by atoms with Gasteiger partial charge < -0.3 is 9.64 Å². The fourth-order valence-electron chi connectivity index (χ4n) is 3.23. The molecule has 3 aromatic rings. The van der Waals surface area contributed by atoms with E-state index in [1.165, 1.54) is 6.33 Å². The third-order valence-electron chi connectivity index (χ3n) is 5.18. The number of benzene rings is 1. The monoisotopic (exact) mass is 395 g/mol. The molecule has 1 amide bonds. The van der Waals surface area contributed by atoms with E-state index in [-0.39, 0.29) is 25.0 Å². The number of rotatable bonds is 7. The summed E-state index contributed by atoms with van der Waals surface area (Å²) in [5, 5.41) is 4.14. The topological polar surface area (TPSA) is 89.7 Å². The first-order valence-corrected chi connectivity index (χ1v) is 9.50. The summed E-state index contributed by atoms with van der Waals surface area (Å²) in [6.45, 7) is 5.46. The van der Waals surface area contributed by atoms with Crippen LogP contribution >= 0.6 is 0 Å². The molecule has 1 atom stereocenters. The van der Waals surface area contributed by atoms with Gasteiger partial charge in [-0.1, -0.05) is 30.3 Å². The molecule has 0 bridgehead atoms. The number of hydrogen-bond acceptors (Lipinski definition) is 6. The first-order valence-electron chi connectivity index (χ1n) is 9.50. The quantitative estimate of drug-likeness (QED) is 0.571. The predicted octanol–water partition coefficient (Wildman–Crippen LogP) is 2.44. The second kappa shape index (κ2) is 8.81. The van der Waals surface area contributed by atoms with Gasteiger partial charge in [-0.3, -0.25) is 9.59 Å². The summed E-state index contributed by atoms with van der Waals surface area (Å²) in [6.07, 6.45) is 2.07. The molecule has 0 aliphatic heterocycles. The normalized spacial score (nSPS) is 12.0. The zero-order valence-corrected chi connectivity index (χ0v) is 17.1. The van der Waals surface area contributed by atoms with Crippen molar-refractivity contribution in [2.24, 2.45) is 0 Å². The van der Waals surface area contributed by atoms with Crippen LogP contribution in [0.15, 0.2) is 36.7 Å². The van der Waals surface area contributed by atoms with E-state index in [0.717, 1.165) is 22.5 Å². The lowest BCUT2D eigenvalue weighted by Crippen LogP contribution is -2.33. The number of carbonyl (C=O) groups is 2. The molecule has 2 heterocycles. The molecule has 2 aromatic heterocycles. The summed E-state index contributed by atoms with van der Waals surface area (Å²) in [4.78, 5) is 34.6. The number of likely N-dealkylation sites (N-methyl/N-ethyl adjacent to an activating group) is 1. The molecule has 3 rings (SSSR count). The maximum absolute atomic E-state index is 12.4. The number of carbonyl (C=O) groups excluding carboxylic acids is 2. The molecule has 8 heteroatoms. The van der Waals surface area contributed by atoms with E-state index < -0.39 is 5.97 Å². The molecule has 1 unspecified atom stereocenters. The Morgan fingerprint density at radius 3 is 2.66 bits per heavy atom. The molecule has 1 aromatic carbocycles. The average Bonchev–Trinajstić information content (AvgIpc) is 3.19. The molecule has 8 nitrogen and oxygen atoms in total. The first-order chi connectivity index (χ1) is 13.9. The summed E-state index contributed by atoms with van der Waals surface area (Å²) in [5.74, 6) is -0.128. The molecule has 0 N–H and O–H groups in total. The van der Waals surface area contributed by atoms with Gasteiger partial charge in [-0.25, -0.2) is 9.50 Å². The summed E-state index contributed by atoms with van der Waals surface area (Å²) >= 11 is 0. The maximum Gasteiger partial charge on any atom is 0.306 e. The lowest BCUT2D eigenvalue weighted by molar-refractivity contribution is -0.152. The highest BCUT2D eigenvalue weighted by molar-refractivity contribution is 5.80. The molecule has 0 fully saturated rings. The van der Waals surface area contributed by atoms with Crippen LogP contribution in [0.5, 0.6) is 0 Å². The highest BCUT2D eigenvalue weighted by atomic mass is 16.5. The Balaban J connectivity index is 1.53. The van der Waals surface area contributed by atoms with Gasteiger partial charge in [-0.05, 0) is 38.3 Å². The van der Waals surface area contributed by atoms with Crippen LogP contribution in [-0.4, -0.2) is 50.0 Å². The van der Waals surface area contributed by atoms with Crippen LogP contribution in [0.3, 0.4) is 0 Å². The van der Waals surface area contributed by atoms with Crippen LogP contribution in [0.4, 0.5) is 0 Å². The van der Waals surface area contributed by atoms with E-state index in [4.69, 9.17) is 4.74 Å². The van der Waals surface area contributed by atoms with Crippen molar-refractivity contribution < 1.29 is 14.3 Å². The van der Waals surface area contributed by atoms with Crippen molar-refractivity contribution in [3.8, 4) is 0 Å². The fraction of sp³-hybridized carbons (Fsp3) is 0.381. The van der Waals surface area contributed by atoms with E-state index >= 15 is 0 Å². The second-order valence-electron chi connectivity index (χ2n) is 6.99. The van der Waals surface area contributed by atoms with Gasteiger partial charge in [0.25, 0.3) is 11.7 Å². The van der Waals surface area contributed by atoms with Crippen molar-refractivity contribution in [1.82, 2.24) is 24.5 Å². The van der Waals surface area contributed by atoms with Crippen molar-refractivity contribution in [3.05, 3.63) is 59.2 Å². The van der Waals surface area contributed by atoms with Crippen molar-refractivity contribution in [1.29, 1.82) is 0 Å². The standard InChI is InChI=1S/C21H25N5O3/c1-14-18(16(3)26-21(24-14)22-13-23-26)10-11-20(28)29-12-19(27)25(4)15(2)17-8-6-5-7-9-17/h5-9,13,15H,10-12H2,1-4H3. The van der Waals surface area contributed by atoms with Crippen molar-refractivity contribution >= 4 is 17.7 Å². The molecule has 29 heavy (non-hydrogen) atoms. The predicted molar refractivity (Wildman–Crippen MR) is 107 cm³/mol. The van der Waals surface area contributed by atoms with Gasteiger partial charge in [0, 0.05) is 24.9 Å². The Labute approximate surface area is 169 Å². The fourth-order valence-corrected chi connectivity index (χ4v) is 3.23. The summed E-state index contributed by atoms with van der Waals surface area (Å²) < 4.78 is 6.85. The number of aromatic nitrogens is 4. The first kappa shape index (κ1) is 20.4. The smallest absolute Gasteiger partial charge is 0.306 e. The maximum atomic E-state index is 12.4. The molecule has 0 radical (unpaired) electrons. The Kier molecular flexibility index (Phi) is 6.21. The van der Waals surface area contributed by atoms with Crippen molar-refractivity contribution in [2.45, 2.75) is 39.7 Å². The number of aryl methyl sites for hydroxylation is 2. The average molecular weight is 395 g/mol. The van der Waals surface area contributed by atoms with Gasteiger partial charge in [0.1, 0.15) is 6.33 Å². The van der Waals surface area contributed by atoms with Crippen LogP contribution in [0, 0.1) is 13.8 Å². The van der Waals surface area contributed by atoms with Gasteiger partial charge in [0.05, 0.1) is 6.04 Å². The van der Waals surface area contributed by atoms with Crippen LogP contribution < -0.4 is 0 Å². The Morgan fingerprint density at radius 1 is 1.21 bits per heavy atom. The van der Waals surface area contributed by atoms with Gasteiger partial charge >= 0.3 is 5.97 Å². The molecule has 0 saturated carbocycles. The van der Waals surface area contributed by atoms with Crippen LogP contribution in [-0.2, 0) is 20.7 Å². The van der Waals surface area contributed by atoms with E-state index in [0.29, 0.717) is 12.2 Å². The van der Waals surface area contributed by atoms with Crippen LogP contribution in [0.1, 0.15) is 41.9 Å². The number of nitrogens with zero attached hydrogens (tertiary/aromatic N) is 5. The summed E-state index contributed by atoms with van der Waals surface area (Å²) in [6, 6.07) is 9.61. The highest BCUT2D eigenvalue weighted by Gasteiger charge is 2.19. The molecule has 0 aliphatic rings. The Bertz CT molecular complexity index is 1020. The van der Waals surface area contributed by atoms with Gasteiger partial charge in [-0.2, -0.15) is 10.1 Å². The summed E-state index contributed by atoms with van der Waals surface area (Å²) in [5.41, 5.74) is 3.66. The minimum atomic E-state index is -0.420. The third-order valence-corrected chi connectivity index (χ3v) is 5.18. The minimum absolute atomic E-state index is 0.104. The van der Waals surface area contributed by atoms with Gasteiger partial charge in [0.15, 0.2) is 6.61 Å². The van der Waals surface area contributed by atoms with Crippen LogP contribution in [0.2, 0.25) is 0 Å². The Morgan fingerprint density at radius 2 is 1.93 bits per heavy atom. The van der Waals surface area contributed by atoms with E-state index in [2.05, 4.69) is 15.1 Å². The van der Waals surface area contributed by atoms with Crippen molar-refractivity contribution in [2.75, 3.05) is 13.7 Å². The SMILES string of the molecule is Cc1nc2ncnn2c(C)c1CCC(=O)OCC(=O)N(C)C(C)c1ccccc1. The van der Waals surface area contributed by atoms with Gasteiger partial charge in [0.2, 0.25) is 0 Å². The van der Waals surface area contributed by atoms with Crippen LogP contribution in [0.25, 0.3) is 5.78 Å². The lowest BCUT2D eigenvalue weighted by Gasteiger charge is -2.25. The summed E-state index contributed by atoms with van der Waals surface area (Å²) in [7, 11) is 1.71. The van der Waals surface area contributed by atoms with E-state index in [1.54, 1.807) is 16.5 Å². The molecule has 0 spiro atoms. The zero-order chi connectivity index (χ0) is 21.0. The number of fused-ring (bicyclic) bond motifs is 1. The number of esters is 1. The van der Waals surface area contributed by atoms with Gasteiger partial charge in [-0.15, -0.1) is 0 Å². The molecule has 0 saturated heterocycles.